The Bertz CT molecular complexity index is 500. The summed E-state index contributed by atoms with van der Waals surface area (Å²) in [6.45, 7) is 3.79. The summed E-state index contributed by atoms with van der Waals surface area (Å²) in [7, 11) is 1.64. The summed E-state index contributed by atoms with van der Waals surface area (Å²) in [5.74, 6) is 1.49. The first-order chi connectivity index (χ1) is 8.05. The van der Waals surface area contributed by atoms with Gasteiger partial charge in [-0.05, 0) is 31.5 Å². The molecule has 1 unspecified atom stereocenters. The fraction of sp³-hybridized carbons (Fsp3) is 0.308. The Morgan fingerprint density at radius 1 is 1.29 bits per heavy atom. The number of hydrogen-bond acceptors (Lipinski definition) is 4. The largest absolute Gasteiger partial charge is 0.497 e. The van der Waals surface area contributed by atoms with Crippen LogP contribution >= 0.6 is 0 Å². The van der Waals surface area contributed by atoms with Crippen LogP contribution in [-0.2, 0) is 5.54 Å². The van der Waals surface area contributed by atoms with Gasteiger partial charge in [0.15, 0.2) is 12.2 Å². The number of oxazole rings is 1. The summed E-state index contributed by atoms with van der Waals surface area (Å²) in [4.78, 5) is 4.07. The molecule has 0 amide bonds. The molecule has 0 fully saturated rings. The Morgan fingerprint density at radius 2 is 1.94 bits per heavy atom. The summed E-state index contributed by atoms with van der Waals surface area (Å²) in [6.07, 6.45) is 1.42. The summed E-state index contributed by atoms with van der Waals surface area (Å²) < 4.78 is 10.5. The van der Waals surface area contributed by atoms with Crippen molar-refractivity contribution in [3.05, 3.63) is 47.7 Å². The molecule has 0 radical (unpaired) electrons. The molecule has 0 aliphatic heterocycles. The Morgan fingerprint density at radius 3 is 2.41 bits per heavy atom. The average molecular weight is 232 g/mol. The molecule has 0 saturated heterocycles. The highest BCUT2D eigenvalue weighted by molar-refractivity contribution is 5.37. The van der Waals surface area contributed by atoms with Crippen LogP contribution in [-0.4, -0.2) is 12.1 Å². The smallest absolute Gasteiger partial charge is 0.181 e. The third-order valence-electron chi connectivity index (χ3n) is 2.91. The minimum absolute atomic E-state index is 0.683. The van der Waals surface area contributed by atoms with Crippen LogP contribution in [0.1, 0.15) is 23.9 Å². The van der Waals surface area contributed by atoms with Crippen molar-refractivity contribution in [1.82, 2.24) is 4.98 Å². The van der Waals surface area contributed by atoms with E-state index in [0.717, 1.165) is 17.0 Å². The molecule has 17 heavy (non-hydrogen) atoms. The zero-order valence-electron chi connectivity index (χ0n) is 10.2. The van der Waals surface area contributed by atoms with Gasteiger partial charge < -0.3 is 14.9 Å². The third kappa shape index (κ3) is 2.03. The van der Waals surface area contributed by atoms with Gasteiger partial charge in [0.1, 0.15) is 5.75 Å². The van der Waals surface area contributed by atoms with E-state index in [4.69, 9.17) is 14.9 Å². The maximum atomic E-state index is 6.32. The van der Waals surface area contributed by atoms with Crippen molar-refractivity contribution in [2.75, 3.05) is 7.11 Å². The quantitative estimate of drug-likeness (QED) is 0.881. The lowest BCUT2D eigenvalue weighted by atomic mass is 9.89. The number of nitrogens with zero attached hydrogens (tertiary/aromatic N) is 1. The second-order valence-corrected chi connectivity index (χ2v) is 4.20. The molecule has 1 aromatic carbocycles. The third-order valence-corrected chi connectivity index (χ3v) is 2.91. The number of benzene rings is 1. The lowest BCUT2D eigenvalue weighted by Crippen LogP contribution is -2.34. The van der Waals surface area contributed by atoms with E-state index >= 15 is 0 Å². The van der Waals surface area contributed by atoms with Gasteiger partial charge in [-0.3, -0.25) is 0 Å². The predicted octanol–water partition coefficient (Wildman–Crippen LogP) is 2.21. The van der Waals surface area contributed by atoms with Crippen LogP contribution in [0.2, 0.25) is 0 Å². The molecule has 2 rings (SSSR count). The van der Waals surface area contributed by atoms with E-state index < -0.39 is 5.54 Å². The molecule has 2 aromatic rings. The van der Waals surface area contributed by atoms with E-state index in [1.807, 2.05) is 38.1 Å². The van der Waals surface area contributed by atoms with E-state index in [2.05, 4.69) is 4.98 Å². The Kier molecular flexibility index (Phi) is 2.90. The van der Waals surface area contributed by atoms with E-state index in [-0.39, 0.29) is 0 Å². The molecule has 1 heterocycles. The van der Waals surface area contributed by atoms with Crippen LogP contribution < -0.4 is 10.5 Å². The van der Waals surface area contributed by atoms with Crippen molar-refractivity contribution in [3.8, 4) is 5.75 Å². The highest BCUT2D eigenvalue weighted by atomic mass is 16.5. The highest BCUT2D eigenvalue weighted by Crippen LogP contribution is 2.29. The van der Waals surface area contributed by atoms with Gasteiger partial charge in [0.2, 0.25) is 0 Å². The number of hydrogen-bond donors (Lipinski definition) is 1. The zero-order valence-corrected chi connectivity index (χ0v) is 10.2. The molecular formula is C13H16N2O2. The number of ether oxygens (including phenoxy) is 1. The molecule has 0 spiro atoms. The summed E-state index contributed by atoms with van der Waals surface area (Å²) in [6, 6.07) is 7.62. The average Bonchev–Trinajstić information content (AvgIpc) is 2.76. The molecule has 0 aliphatic rings. The van der Waals surface area contributed by atoms with Crippen LogP contribution in [0.3, 0.4) is 0 Å². The molecular weight excluding hydrogens is 216 g/mol. The monoisotopic (exact) mass is 232 g/mol. The predicted molar refractivity (Wildman–Crippen MR) is 64.9 cm³/mol. The molecule has 2 N–H and O–H groups in total. The molecule has 0 saturated carbocycles. The van der Waals surface area contributed by atoms with Gasteiger partial charge in [-0.15, -0.1) is 0 Å². The minimum atomic E-state index is -0.688. The van der Waals surface area contributed by atoms with Gasteiger partial charge in [-0.1, -0.05) is 12.1 Å². The second-order valence-electron chi connectivity index (χ2n) is 4.20. The standard InChI is InChI=1S/C13H16N2O2/c1-9-12(17-8-15-9)13(2,14)10-4-6-11(16-3)7-5-10/h4-8H,14H2,1-3H3. The van der Waals surface area contributed by atoms with Gasteiger partial charge in [0.05, 0.1) is 18.3 Å². The zero-order chi connectivity index (χ0) is 12.5. The van der Waals surface area contributed by atoms with Crippen molar-refractivity contribution in [2.45, 2.75) is 19.4 Å². The fourth-order valence-electron chi connectivity index (χ4n) is 1.87. The molecule has 0 bridgehead atoms. The maximum absolute atomic E-state index is 6.32. The number of methoxy groups -OCH3 is 1. The molecule has 1 aromatic heterocycles. The van der Waals surface area contributed by atoms with Crippen LogP contribution in [0.4, 0.5) is 0 Å². The van der Waals surface area contributed by atoms with Gasteiger partial charge in [-0.25, -0.2) is 4.98 Å². The maximum Gasteiger partial charge on any atom is 0.181 e. The number of aryl methyl sites for hydroxylation is 1. The van der Waals surface area contributed by atoms with Crippen molar-refractivity contribution < 1.29 is 9.15 Å². The minimum Gasteiger partial charge on any atom is -0.497 e. The van der Waals surface area contributed by atoms with Crippen LogP contribution in [0.5, 0.6) is 5.75 Å². The van der Waals surface area contributed by atoms with Crippen molar-refractivity contribution in [1.29, 1.82) is 0 Å². The van der Waals surface area contributed by atoms with E-state index in [0.29, 0.717) is 5.76 Å². The van der Waals surface area contributed by atoms with E-state index in [1.54, 1.807) is 7.11 Å². The summed E-state index contributed by atoms with van der Waals surface area (Å²) in [5.41, 5.74) is 7.40. The van der Waals surface area contributed by atoms with Crippen LogP contribution in [0, 0.1) is 6.92 Å². The van der Waals surface area contributed by atoms with E-state index in [9.17, 15) is 0 Å². The number of aromatic nitrogens is 1. The summed E-state index contributed by atoms with van der Waals surface area (Å²) in [5, 5.41) is 0. The first-order valence-corrected chi connectivity index (χ1v) is 5.39. The van der Waals surface area contributed by atoms with Gasteiger partial charge >= 0.3 is 0 Å². The topological polar surface area (TPSA) is 61.3 Å². The summed E-state index contributed by atoms with van der Waals surface area (Å²) >= 11 is 0. The van der Waals surface area contributed by atoms with Crippen molar-refractivity contribution >= 4 is 0 Å². The van der Waals surface area contributed by atoms with Gasteiger partial charge in [0, 0.05) is 0 Å². The molecule has 90 valence electrons. The molecule has 0 aliphatic carbocycles. The normalized spacial score (nSPS) is 14.4. The fourth-order valence-corrected chi connectivity index (χ4v) is 1.87. The molecule has 4 heteroatoms. The second kappa shape index (κ2) is 4.22. The Balaban J connectivity index is 2.40. The Hall–Kier alpha value is -1.81. The molecule has 1 atom stereocenters. The van der Waals surface area contributed by atoms with Crippen LogP contribution in [0.25, 0.3) is 0 Å². The van der Waals surface area contributed by atoms with E-state index in [1.165, 1.54) is 6.39 Å². The number of rotatable bonds is 3. The first kappa shape index (κ1) is 11.7. The first-order valence-electron chi connectivity index (χ1n) is 5.39. The molecule has 4 nitrogen and oxygen atoms in total. The van der Waals surface area contributed by atoms with Crippen molar-refractivity contribution in [2.24, 2.45) is 5.73 Å². The van der Waals surface area contributed by atoms with Gasteiger partial charge in [0.25, 0.3) is 0 Å². The lowest BCUT2D eigenvalue weighted by molar-refractivity contribution is 0.406. The number of nitrogens with two attached hydrogens (primary N) is 1. The van der Waals surface area contributed by atoms with Crippen LogP contribution in [0.15, 0.2) is 35.1 Å². The lowest BCUT2D eigenvalue weighted by Gasteiger charge is -2.23. The van der Waals surface area contributed by atoms with Crippen molar-refractivity contribution in [3.63, 3.8) is 0 Å². The van der Waals surface area contributed by atoms with Gasteiger partial charge in [-0.2, -0.15) is 0 Å². The Labute approximate surface area is 100 Å². The SMILES string of the molecule is COc1ccc(C(C)(N)c2ocnc2C)cc1. The highest BCUT2D eigenvalue weighted by Gasteiger charge is 2.29.